The summed E-state index contributed by atoms with van der Waals surface area (Å²) < 4.78 is 0. The molecular formula is C11H20N2S. The van der Waals surface area contributed by atoms with E-state index in [0.717, 1.165) is 5.11 Å². The Morgan fingerprint density at radius 3 is 2.64 bits per heavy atom. The molecule has 0 aromatic rings. The van der Waals surface area contributed by atoms with Crippen LogP contribution in [0.25, 0.3) is 0 Å². The summed E-state index contributed by atoms with van der Waals surface area (Å²) in [6.07, 6.45) is 6.43. The first-order chi connectivity index (χ1) is 6.72. The fourth-order valence-corrected chi connectivity index (χ4v) is 2.81. The number of nitrogens with zero attached hydrogens (tertiary/aromatic N) is 1. The van der Waals surface area contributed by atoms with Crippen LogP contribution in [0.1, 0.15) is 46.0 Å². The Kier molecular flexibility index (Phi) is 2.96. The third-order valence-corrected chi connectivity index (χ3v) is 3.73. The molecule has 0 aromatic heterocycles. The van der Waals surface area contributed by atoms with Gasteiger partial charge in [-0.1, -0.05) is 6.92 Å². The van der Waals surface area contributed by atoms with E-state index in [9.17, 15) is 0 Å². The van der Waals surface area contributed by atoms with Gasteiger partial charge in [0.15, 0.2) is 5.11 Å². The first-order valence-electron chi connectivity index (χ1n) is 5.81. The van der Waals surface area contributed by atoms with Crippen molar-refractivity contribution < 1.29 is 0 Å². The third kappa shape index (κ3) is 2.02. The largest absolute Gasteiger partial charge is 0.360 e. The molecule has 14 heavy (non-hydrogen) atoms. The molecule has 2 nitrogen and oxygen atoms in total. The van der Waals surface area contributed by atoms with Gasteiger partial charge in [0, 0.05) is 18.1 Å². The Morgan fingerprint density at radius 2 is 2.07 bits per heavy atom. The van der Waals surface area contributed by atoms with E-state index in [1.54, 1.807) is 0 Å². The lowest BCUT2D eigenvalue weighted by Crippen LogP contribution is -2.46. The number of likely N-dealkylation sites (tertiary alicyclic amines) is 1. The number of thiocarbonyl (C=S) groups is 1. The first-order valence-corrected chi connectivity index (χ1v) is 6.22. The molecule has 2 atom stereocenters. The van der Waals surface area contributed by atoms with Crippen LogP contribution < -0.4 is 5.32 Å². The second kappa shape index (κ2) is 4.05. The quantitative estimate of drug-likeness (QED) is 0.707. The summed E-state index contributed by atoms with van der Waals surface area (Å²) >= 11 is 5.47. The van der Waals surface area contributed by atoms with E-state index in [0.29, 0.717) is 18.1 Å². The molecule has 0 bridgehead atoms. The lowest BCUT2D eigenvalue weighted by Gasteiger charge is -2.30. The van der Waals surface area contributed by atoms with Crippen LogP contribution in [0.4, 0.5) is 0 Å². The van der Waals surface area contributed by atoms with Gasteiger partial charge in [-0.25, -0.2) is 0 Å². The van der Waals surface area contributed by atoms with Gasteiger partial charge in [0.2, 0.25) is 0 Å². The second-order valence-electron chi connectivity index (χ2n) is 4.62. The van der Waals surface area contributed by atoms with Crippen molar-refractivity contribution in [2.24, 2.45) is 0 Å². The summed E-state index contributed by atoms with van der Waals surface area (Å²) in [5.74, 6) is 0. The van der Waals surface area contributed by atoms with Crippen molar-refractivity contribution in [1.29, 1.82) is 0 Å². The standard InChI is InChI=1S/C11H20N2S/c1-3-10-7-4-8(2)13(10)11(14)12-9-5-6-9/h8-10H,3-7H2,1-2H3,(H,12,14). The van der Waals surface area contributed by atoms with Crippen molar-refractivity contribution in [1.82, 2.24) is 10.2 Å². The monoisotopic (exact) mass is 212 g/mol. The van der Waals surface area contributed by atoms with Gasteiger partial charge in [0.1, 0.15) is 0 Å². The molecule has 80 valence electrons. The van der Waals surface area contributed by atoms with Gasteiger partial charge in [-0.15, -0.1) is 0 Å². The normalized spacial score (nSPS) is 32.0. The molecule has 1 aliphatic carbocycles. The highest BCUT2D eigenvalue weighted by molar-refractivity contribution is 7.80. The van der Waals surface area contributed by atoms with Gasteiger partial charge in [-0.05, 0) is 51.2 Å². The summed E-state index contributed by atoms with van der Waals surface area (Å²) in [6, 6.07) is 2.01. The molecule has 0 amide bonds. The fourth-order valence-electron chi connectivity index (χ4n) is 2.32. The van der Waals surface area contributed by atoms with Gasteiger partial charge < -0.3 is 10.2 Å². The van der Waals surface area contributed by atoms with E-state index in [1.165, 1.54) is 32.1 Å². The first kappa shape index (κ1) is 10.2. The number of nitrogens with one attached hydrogen (secondary N) is 1. The van der Waals surface area contributed by atoms with E-state index in [-0.39, 0.29) is 0 Å². The Bertz CT molecular complexity index is 225. The third-order valence-electron chi connectivity index (χ3n) is 3.40. The minimum absolute atomic E-state index is 0.638. The van der Waals surface area contributed by atoms with Gasteiger partial charge in [-0.2, -0.15) is 0 Å². The van der Waals surface area contributed by atoms with Gasteiger partial charge in [0.25, 0.3) is 0 Å². The highest BCUT2D eigenvalue weighted by Crippen LogP contribution is 2.27. The minimum Gasteiger partial charge on any atom is -0.360 e. The van der Waals surface area contributed by atoms with Gasteiger partial charge >= 0.3 is 0 Å². The zero-order valence-electron chi connectivity index (χ0n) is 9.12. The van der Waals surface area contributed by atoms with Crippen molar-refractivity contribution in [3.63, 3.8) is 0 Å². The predicted molar refractivity (Wildman–Crippen MR) is 63.4 cm³/mol. The summed E-state index contributed by atoms with van der Waals surface area (Å²) in [5, 5.41) is 4.45. The summed E-state index contributed by atoms with van der Waals surface area (Å²) in [4.78, 5) is 2.42. The molecule has 0 radical (unpaired) electrons. The average molecular weight is 212 g/mol. The molecule has 1 heterocycles. The van der Waals surface area contributed by atoms with Gasteiger partial charge in [0.05, 0.1) is 0 Å². The molecule has 1 aliphatic heterocycles. The van der Waals surface area contributed by atoms with Crippen LogP contribution in [0.5, 0.6) is 0 Å². The van der Waals surface area contributed by atoms with E-state index >= 15 is 0 Å². The molecule has 1 N–H and O–H groups in total. The van der Waals surface area contributed by atoms with Crippen molar-refractivity contribution in [3.05, 3.63) is 0 Å². The molecule has 2 rings (SSSR count). The van der Waals surface area contributed by atoms with Crippen LogP contribution in [0.3, 0.4) is 0 Å². The zero-order valence-corrected chi connectivity index (χ0v) is 9.94. The van der Waals surface area contributed by atoms with Crippen LogP contribution >= 0.6 is 12.2 Å². The molecule has 1 saturated heterocycles. The number of rotatable bonds is 2. The Labute approximate surface area is 92.0 Å². The topological polar surface area (TPSA) is 15.3 Å². The van der Waals surface area contributed by atoms with E-state index in [4.69, 9.17) is 12.2 Å². The van der Waals surface area contributed by atoms with Crippen molar-refractivity contribution in [2.45, 2.75) is 64.1 Å². The molecule has 3 heteroatoms. The SMILES string of the molecule is CCC1CCC(C)N1C(=S)NC1CC1. The Balaban J connectivity index is 1.94. The van der Waals surface area contributed by atoms with Crippen LogP contribution in [0, 0.1) is 0 Å². The predicted octanol–water partition coefficient (Wildman–Crippen LogP) is 2.29. The molecule has 2 unspecified atom stereocenters. The molecule has 0 spiro atoms. The van der Waals surface area contributed by atoms with Crippen molar-refractivity contribution in [2.75, 3.05) is 0 Å². The zero-order chi connectivity index (χ0) is 10.1. The maximum Gasteiger partial charge on any atom is 0.169 e. The highest BCUT2D eigenvalue weighted by atomic mass is 32.1. The second-order valence-corrected chi connectivity index (χ2v) is 5.01. The minimum atomic E-state index is 0.638. The van der Waals surface area contributed by atoms with Crippen LogP contribution in [0.2, 0.25) is 0 Å². The average Bonchev–Trinajstić information content (AvgIpc) is 2.87. The highest BCUT2D eigenvalue weighted by Gasteiger charge is 2.33. The van der Waals surface area contributed by atoms with E-state index in [2.05, 4.69) is 24.1 Å². The maximum absolute atomic E-state index is 5.47. The molecule has 0 aromatic carbocycles. The smallest absolute Gasteiger partial charge is 0.169 e. The molecule has 2 fully saturated rings. The fraction of sp³-hybridized carbons (Fsp3) is 0.909. The summed E-state index contributed by atoms with van der Waals surface area (Å²) in [5.41, 5.74) is 0. The van der Waals surface area contributed by atoms with Crippen LogP contribution in [-0.4, -0.2) is 28.1 Å². The Hall–Kier alpha value is -0.310. The lowest BCUT2D eigenvalue weighted by molar-refractivity contribution is 0.316. The Morgan fingerprint density at radius 1 is 1.36 bits per heavy atom. The van der Waals surface area contributed by atoms with Crippen LogP contribution in [-0.2, 0) is 0 Å². The summed E-state index contributed by atoms with van der Waals surface area (Å²) in [7, 11) is 0. The van der Waals surface area contributed by atoms with Crippen molar-refractivity contribution in [3.8, 4) is 0 Å². The van der Waals surface area contributed by atoms with Crippen LogP contribution in [0.15, 0.2) is 0 Å². The summed E-state index contributed by atoms with van der Waals surface area (Å²) in [6.45, 7) is 4.55. The number of hydrogen-bond acceptors (Lipinski definition) is 1. The lowest BCUT2D eigenvalue weighted by atomic mass is 10.2. The molecule has 2 aliphatic rings. The molecule has 1 saturated carbocycles. The van der Waals surface area contributed by atoms with Gasteiger partial charge in [-0.3, -0.25) is 0 Å². The van der Waals surface area contributed by atoms with E-state index < -0.39 is 0 Å². The molecular weight excluding hydrogens is 192 g/mol. The maximum atomic E-state index is 5.47. The van der Waals surface area contributed by atoms with Crippen molar-refractivity contribution >= 4 is 17.3 Å². The number of hydrogen-bond donors (Lipinski definition) is 1. The van der Waals surface area contributed by atoms with E-state index in [1.807, 2.05) is 0 Å².